The topological polar surface area (TPSA) is 101 Å². The number of aromatic hydroxyl groups is 2. The lowest BCUT2D eigenvalue weighted by molar-refractivity contribution is -0.146. The molecule has 1 amide bonds. The average Bonchev–Trinajstić information content (AvgIpc) is 3.01. The molecule has 5 rings (SSSR count). The van der Waals surface area contributed by atoms with Gasteiger partial charge in [0.25, 0.3) is 0 Å². The first kappa shape index (κ1) is 31.3. The highest BCUT2D eigenvalue weighted by Crippen LogP contribution is 2.44. The maximum atomic E-state index is 15.0. The summed E-state index contributed by atoms with van der Waals surface area (Å²) in [5.41, 5.74) is 0.364. The van der Waals surface area contributed by atoms with Gasteiger partial charge in [-0.2, -0.15) is 0 Å². The number of rotatable bonds is 7. The van der Waals surface area contributed by atoms with Crippen LogP contribution in [0.25, 0.3) is 0 Å². The smallest absolute Gasteiger partial charge is 0.242 e. The quantitative estimate of drug-likeness (QED) is 0.385. The number of benzene rings is 3. The number of amides is 1. The van der Waals surface area contributed by atoms with Gasteiger partial charge in [-0.05, 0) is 69.3 Å². The number of ketones is 2. The first-order chi connectivity index (χ1) is 20.9. The molecule has 2 saturated heterocycles. The van der Waals surface area contributed by atoms with Gasteiger partial charge in [-0.1, -0.05) is 36.4 Å². The Morgan fingerprint density at radius 3 is 1.80 bits per heavy atom. The molecule has 2 atom stereocenters. The molecule has 8 nitrogen and oxygen atoms in total. The van der Waals surface area contributed by atoms with Gasteiger partial charge in [0.1, 0.15) is 17.3 Å². The lowest BCUT2D eigenvalue weighted by Gasteiger charge is -2.50. The fourth-order valence-electron chi connectivity index (χ4n) is 6.70. The minimum absolute atomic E-state index is 0.0695. The Balaban J connectivity index is 1.64. The van der Waals surface area contributed by atoms with E-state index in [1.807, 2.05) is 30.7 Å². The minimum atomic E-state index is -1.06. The van der Waals surface area contributed by atoms with Crippen LogP contribution < -0.4 is 0 Å². The number of halogens is 1. The Morgan fingerprint density at radius 1 is 0.795 bits per heavy atom. The van der Waals surface area contributed by atoms with E-state index < -0.39 is 29.1 Å². The van der Waals surface area contributed by atoms with E-state index in [1.54, 1.807) is 43.3 Å². The lowest BCUT2D eigenvalue weighted by atomic mass is 9.67. The summed E-state index contributed by atoms with van der Waals surface area (Å²) in [5.74, 6) is -3.72. The predicted molar refractivity (Wildman–Crippen MR) is 165 cm³/mol. The number of piperidine rings is 1. The molecule has 0 saturated carbocycles. The van der Waals surface area contributed by atoms with Gasteiger partial charge in [0.05, 0.1) is 5.54 Å². The van der Waals surface area contributed by atoms with E-state index in [0.29, 0.717) is 24.2 Å². The van der Waals surface area contributed by atoms with E-state index in [4.69, 9.17) is 0 Å². The van der Waals surface area contributed by atoms with E-state index in [-0.39, 0.29) is 53.2 Å². The molecule has 2 aliphatic heterocycles. The maximum absolute atomic E-state index is 15.0. The maximum Gasteiger partial charge on any atom is 0.242 e. The summed E-state index contributed by atoms with van der Waals surface area (Å²) in [4.78, 5) is 48.7. The third-order valence-corrected chi connectivity index (χ3v) is 9.41. The van der Waals surface area contributed by atoms with E-state index >= 15 is 4.39 Å². The number of hydrogen-bond donors (Lipinski definition) is 2. The number of likely N-dealkylation sites (tertiary alicyclic amines) is 1. The number of carbonyl (C=O) groups is 3. The molecule has 3 aromatic carbocycles. The second-order valence-corrected chi connectivity index (χ2v) is 12.6. The van der Waals surface area contributed by atoms with Crippen molar-refractivity contribution in [2.75, 3.05) is 46.3 Å². The molecule has 0 bridgehead atoms. The van der Waals surface area contributed by atoms with Crippen molar-refractivity contribution >= 4 is 17.5 Å². The van der Waals surface area contributed by atoms with Crippen LogP contribution in [-0.4, -0.2) is 94.2 Å². The summed E-state index contributed by atoms with van der Waals surface area (Å²) in [7, 11) is 2.02. The van der Waals surface area contributed by atoms with Crippen LogP contribution in [0.5, 0.6) is 11.5 Å². The largest absolute Gasteiger partial charge is 0.508 e. The highest BCUT2D eigenvalue weighted by Gasteiger charge is 2.50. The highest BCUT2D eigenvalue weighted by molar-refractivity contribution is 6.02. The Hall–Kier alpha value is -4.08. The summed E-state index contributed by atoms with van der Waals surface area (Å²) in [5, 5.41) is 20.4. The molecule has 2 N–H and O–H groups in total. The molecule has 0 aromatic heterocycles. The molecule has 0 aliphatic carbocycles. The molecule has 3 aromatic rings. The van der Waals surface area contributed by atoms with E-state index in [1.165, 1.54) is 30.3 Å². The first-order valence-corrected chi connectivity index (χ1v) is 15.0. The molecule has 232 valence electrons. The summed E-state index contributed by atoms with van der Waals surface area (Å²) >= 11 is 0. The zero-order valence-corrected chi connectivity index (χ0v) is 25.7. The Kier molecular flexibility index (Phi) is 8.90. The van der Waals surface area contributed by atoms with Crippen molar-refractivity contribution in [1.29, 1.82) is 0 Å². The second kappa shape index (κ2) is 12.5. The SMILES string of the molecule is Cc1c(F)cccc1C1C(C(=O)c2cccc(O)c2)CN(C(C)(C)C(=O)N2CCN(C)CC2)CC1C(=O)c1cccc(O)c1. The lowest BCUT2D eigenvalue weighted by Crippen LogP contribution is -2.64. The molecule has 2 aliphatic rings. The van der Waals surface area contributed by atoms with E-state index in [9.17, 15) is 24.6 Å². The predicted octanol–water partition coefficient (Wildman–Crippen LogP) is 4.50. The van der Waals surface area contributed by atoms with E-state index in [0.717, 1.165) is 13.1 Å². The van der Waals surface area contributed by atoms with Gasteiger partial charge < -0.3 is 20.0 Å². The van der Waals surface area contributed by atoms with Crippen LogP contribution in [-0.2, 0) is 4.79 Å². The van der Waals surface area contributed by atoms with Crippen LogP contribution in [0.4, 0.5) is 4.39 Å². The second-order valence-electron chi connectivity index (χ2n) is 12.6. The van der Waals surface area contributed by atoms with Crippen LogP contribution in [0.15, 0.2) is 66.7 Å². The van der Waals surface area contributed by atoms with Crippen LogP contribution in [0.2, 0.25) is 0 Å². The van der Waals surface area contributed by atoms with Gasteiger partial charge in [-0.15, -0.1) is 0 Å². The number of carbonyl (C=O) groups excluding carboxylic acids is 3. The summed E-state index contributed by atoms with van der Waals surface area (Å²) < 4.78 is 15.0. The van der Waals surface area contributed by atoms with Gasteiger partial charge in [-0.25, -0.2) is 4.39 Å². The average molecular weight is 602 g/mol. The number of Topliss-reactive ketones (excluding diaryl/α,β-unsaturated/α-hetero) is 2. The Bertz CT molecular complexity index is 1500. The van der Waals surface area contributed by atoms with Crippen LogP contribution in [0.1, 0.15) is 51.6 Å². The number of nitrogens with zero attached hydrogens (tertiary/aromatic N) is 3. The molecule has 0 spiro atoms. The monoisotopic (exact) mass is 601 g/mol. The van der Waals surface area contributed by atoms with Crippen molar-refractivity contribution in [2.24, 2.45) is 11.8 Å². The van der Waals surface area contributed by atoms with Gasteiger partial charge in [0, 0.05) is 68.1 Å². The summed E-state index contributed by atoms with van der Waals surface area (Å²) in [6, 6.07) is 16.8. The number of likely N-dealkylation sites (N-methyl/N-ethyl adjacent to an activating group) is 1. The van der Waals surface area contributed by atoms with Gasteiger partial charge in [0.2, 0.25) is 5.91 Å². The molecule has 0 radical (unpaired) electrons. The minimum Gasteiger partial charge on any atom is -0.508 e. The van der Waals surface area contributed by atoms with Crippen LogP contribution in [0.3, 0.4) is 0 Å². The van der Waals surface area contributed by atoms with E-state index in [2.05, 4.69) is 4.90 Å². The fourth-order valence-corrected chi connectivity index (χ4v) is 6.70. The zero-order valence-electron chi connectivity index (χ0n) is 25.7. The third kappa shape index (κ3) is 6.12. The third-order valence-electron chi connectivity index (χ3n) is 9.41. The Labute approximate surface area is 257 Å². The number of hydrogen-bond acceptors (Lipinski definition) is 7. The van der Waals surface area contributed by atoms with Crippen LogP contribution in [0, 0.1) is 24.6 Å². The molecule has 2 unspecified atom stereocenters. The van der Waals surface area contributed by atoms with Gasteiger partial charge >= 0.3 is 0 Å². The summed E-state index contributed by atoms with van der Waals surface area (Å²) in [6.07, 6.45) is 0. The molecular weight excluding hydrogens is 561 g/mol. The standard InChI is InChI=1S/C35H40FN3O5/c1-22-27(12-7-13-30(22)36)31-28(32(42)23-8-5-10-25(40)18-23)20-39(21-29(31)33(43)24-9-6-11-26(41)19-24)35(2,3)34(44)38-16-14-37(4)15-17-38/h5-13,18-19,28-29,31,40-41H,14-17,20-21H2,1-4H3. The van der Waals surface area contributed by atoms with Gasteiger partial charge in [-0.3, -0.25) is 19.3 Å². The van der Waals surface area contributed by atoms with Crippen molar-refractivity contribution in [2.45, 2.75) is 32.2 Å². The number of piperazine rings is 1. The summed E-state index contributed by atoms with van der Waals surface area (Å²) in [6.45, 7) is 8.24. The van der Waals surface area contributed by atoms with Gasteiger partial charge in [0.15, 0.2) is 11.6 Å². The molecular formula is C35H40FN3O5. The number of phenolic OH excluding ortho intramolecular Hbond substituents is 2. The van der Waals surface area contributed by atoms with Crippen molar-refractivity contribution < 1.29 is 29.0 Å². The fraction of sp³-hybridized carbons (Fsp3) is 0.400. The molecule has 44 heavy (non-hydrogen) atoms. The molecule has 2 heterocycles. The number of phenols is 2. The first-order valence-electron chi connectivity index (χ1n) is 15.0. The zero-order chi connectivity index (χ0) is 31.8. The highest BCUT2D eigenvalue weighted by atomic mass is 19.1. The van der Waals surface area contributed by atoms with Crippen molar-refractivity contribution in [3.05, 3.63) is 94.8 Å². The van der Waals surface area contributed by atoms with Crippen molar-refractivity contribution in [3.63, 3.8) is 0 Å². The van der Waals surface area contributed by atoms with Crippen molar-refractivity contribution in [1.82, 2.24) is 14.7 Å². The Morgan fingerprint density at radius 2 is 1.30 bits per heavy atom. The normalized spacial score (nSPS) is 21.7. The van der Waals surface area contributed by atoms with Crippen molar-refractivity contribution in [3.8, 4) is 11.5 Å². The van der Waals surface area contributed by atoms with Crippen LogP contribution >= 0.6 is 0 Å². The molecule has 2 fully saturated rings. The molecule has 9 heteroatoms.